The van der Waals surface area contributed by atoms with Crippen molar-refractivity contribution in [2.24, 2.45) is 0 Å². The third-order valence-electron chi connectivity index (χ3n) is 6.10. The number of rotatable bonds is 7. The highest BCUT2D eigenvalue weighted by atomic mass is 16.5. The summed E-state index contributed by atoms with van der Waals surface area (Å²) in [6, 6.07) is 21.2. The molecule has 0 saturated carbocycles. The number of benzene rings is 3. The van der Waals surface area contributed by atoms with E-state index in [1.807, 2.05) is 36.5 Å². The maximum Gasteiger partial charge on any atom is 0.252 e. The fraction of sp³-hybridized carbons (Fsp3) is 0.143. The normalized spacial score (nSPS) is 12.1. The van der Waals surface area contributed by atoms with Gasteiger partial charge in [-0.15, -0.1) is 0 Å². The van der Waals surface area contributed by atoms with Crippen molar-refractivity contribution in [3.8, 4) is 22.8 Å². The lowest BCUT2D eigenvalue weighted by atomic mass is 10.0. The molecule has 2 heterocycles. The maximum atomic E-state index is 13.5. The molecule has 0 bridgehead atoms. The standard InChI is InChI=1S/C28H25N3O4/c1-35-21-9-10-26-23(13-21)24(14-27(31-26)17-5-4-6-20(33)12-17)28(34)30-19(16-32)11-18-15-29-25-8-3-2-7-22(18)25/h2-10,12-15,19,29,32-33H,11,16H2,1H3,(H,30,34). The number of phenolic OH excluding ortho intramolecular Hbond substituents is 1. The fourth-order valence-electron chi connectivity index (χ4n) is 4.32. The zero-order valence-electron chi connectivity index (χ0n) is 19.2. The van der Waals surface area contributed by atoms with Gasteiger partial charge in [0.2, 0.25) is 0 Å². The minimum Gasteiger partial charge on any atom is -0.508 e. The molecule has 1 unspecified atom stereocenters. The van der Waals surface area contributed by atoms with Crippen molar-refractivity contribution in [2.75, 3.05) is 13.7 Å². The van der Waals surface area contributed by atoms with Crippen molar-refractivity contribution in [1.29, 1.82) is 0 Å². The fourth-order valence-corrected chi connectivity index (χ4v) is 4.32. The molecule has 5 rings (SSSR count). The van der Waals surface area contributed by atoms with E-state index in [0.717, 1.165) is 16.5 Å². The number of aromatic hydroxyl groups is 1. The first-order valence-electron chi connectivity index (χ1n) is 11.3. The van der Waals surface area contributed by atoms with E-state index in [2.05, 4.69) is 10.3 Å². The number of fused-ring (bicyclic) bond motifs is 2. The quantitative estimate of drug-likeness (QED) is 0.283. The summed E-state index contributed by atoms with van der Waals surface area (Å²) in [5.74, 6) is 0.395. The SMILES string of the molecule is COc1ccc2nc(-c3cccc(O)c3)cc(C(=O)NC(CO)Cc3c[nH]c4ccccc34)c2c1. The number of carbonyl (C=O) groups excluding carboxylic acids is 1. The topological polar surface area (TPSA) is 107 Å². The van der Waals surface area contributed by atoms with E-state index in [1.54, 1.807) is 49.6 Å². The largest absolute Gasteiger partial charge is 0.508 e. The Kier molecular flexibility index (Phi) is 6.08. The van der Waals surface area contributed by atoms with Crippen LogP contribution in [0, 0.1) is 0 Å². The third kappa shape index (κ3) is 4.54. The molecule has 1 atom stereocenters. The van der Waals surface area contributed by atoms with Crippen LogP contribution in [0.2, 0.25) is 0 Å². The lowest BCUT2D eigenvalue weighted by Gasteiger charge is -2.18. The molecule has 2 aromatic heterocycles. The van der Waals surface area contributed by atoms with Crippen LogP contribution in [0.1, 0.15) is 15.9 Å². The highest BCUT2D eigenvalue weighted by Gasteiger charge is 2.19. The van der Waals surface area contributed by atoms with Crippen LogP contribution in [-0.4, -0.2) is 45.8 Å². The Morgan fingerprint density at radius 3 is 2.71 bits per heavy atom. The van der Waals surface area contributed by atoms with Crippen molar-refractivity contribution in [3.63, 3.8) is 0 Å². The number of H-pyrrole nitrogens is 1. The van der Waals surface area contributed by atoms with Gasteiger partial charge in [0.15, 0.2) is 0 Å². The Hall–Kier alpha value is -4.36. The van der Waals surface area contributed by atoms with E-state index in [1.165, 1.54) is 0 Å². The Morgan fingerprint density at radius 1 is 1.06 bits per heavy atom. The van der Waals surface area contributed by atoms with Crippen LogP contribution in [0.3, 0.4) is 0 Å². The third-order valence-corrected chi connectivity index (χ3v) is 6.10. The van der Waals surface area contributed by atoms with Crippen molar-refractivity contribution in [2.45, 2.75) is 12.5 Å². The number of nitrogens with zero attached hydrogens (tertiary/aromatic N) is 1. The molecule has 0 fully saturated rings. The van der Waals surface area contributed by atoms with Crippen LogP contribution in [0.25, 0.3) is 33.1 Å². The molecular weight excluding hydrogens is 442 g/mol. The second-order valence-electron chi connectivity index (χ2n) is 8.41. The van der Waals surface area contributed by atoms with Crippen LogP contribution in [0.15, 0.2) is 79.0 Å². The van der Waals surface area contributed by atoms with Gasteiger partial charge in [-0.1, -0.05) is 30.3 Å². The van der Waals surface area contributed by atoms with Crippen LogP contribution in [-0.2, 0) is 6.42 Å². The number of hydrogen-bond acceptors (Lipinski definition) is 5. The molecule has 4 N–H and O–H groups in total. The van der Waals surface area contributed by atoms with E-state index in [-0.39, 0.29) is 18.3 Å². The molecule has 5 aromatic rings. The minimum absolute atomic E-state index is 0.115. The molecule has 176 valence electrons. The second kappa shape index (κ2) is 9.48. The molecule has 0 aliphatic heterocycles. The van der Waals surface area contributed by atoms with Crippen molar-refractivity contribution in [3.05, 3.63) is 90.1 Å². The lowest BCUT2D eigenvalue weighted by Crippen LogP contribution is -2.39. The van der Waals surface area contributed by atoms with E-state index < -0.39 is 6.04 Å². The number of nitrogens with one attached hydrogen (secondary N) is 2. The van der Waals surface area contributed by atoms with Gasteiger partial charge in [0.05, 0.1) is 36.5 Å². The number of amides is 1. The van der Waals surface area contributed by atoms with Gasteiger partial charge in [0, 0.05) is 28.0 Å². The van der Waals surface area contributed by atoms with Gasteiger partial charge in [0.25, 0.3) is 5.91 Å². The van der Waals surface area contributed by atoms with Gasteiger partial charge < -0.3 is 25.3 Å². The number of carbonyl (C=O) groups is 1. The average Bonchev–Trinajstić information content (AvgIpc) is 3.29. The zero-order chi connectivity index (χ0) is 24.4. The Morgan fingerprint density at radius 2 is 1.91 bits per heavy atom. The molecule has 0 radical (unpaired) electrons. The molecule has 0 aliphatic carbocycles. The number of aliphatic hydroxyl groups is 1. The number of para-hydroxylation sites is 1. The highest BCUT2D eigenvalue weighted by Crippen LogP contribution is 2.29. The maximum absolute atomic E-state index is 13.5. The van der Waals surface area contributed by atoms with Gasteiger partial charge in [-0.05, 0) is 54.4 Å². The average molecular weight is 468 g/mol. The van der Waals surface area contributed by atoms with Gasteiger partial charge in [0.1, 0.15) is 11.5 Å². The van der Waals surface area contributed by atoms with Crippen molar-refractivity contribution < 1.29 is 19.7 Å². The number of aromatic amines is 1. The summed E-state index contributed by atoms with van der Waals surface area (Å²) in [6.07, 6.45) is 2.38. The van der Waals surface area contributed by atoms with Gasteiger partial charge >= 0.3 is 0 Å². The molecule has 3 aromatic carbocycles. The monoisotopic (exact) mass is 467 g/mol. The summed E-state index contributed by atoms with van der Waals surface area (Å²) in [5, 5.41) is 24.7. The van der Waals surface area contributed by atoms with Crippen LogP contribution in [0.4, 0.5) is 0 Å². The van der Waals surface area contributed by atoms with E-state index in [4.69, 9.17) is 9.72 Å². The molecular formula is C28H25N3O4. The van der Waals surface area contributed by atoms with E-state index in [0.29, 0.717) is 39.9 Å². The van der Waals surface area contributed by atoms with Crippen LogP contribution >= 0.6 is 0 Å². The number of aromatic nitrogens is 2. The van der Waals surface area contributed by atoms with Gasteiger partial charge in [-0.2, -0.15) is 0 Å². The van der Waals surface area contributed by atoms with Crippen LogP contribution < -0.4 is 10.1 Å². The molecule has 0 aliphatic rings. The van der Waals surface area contributed by atoms with E-state index >= 15 is 0 Å². The predicted molar refractivity (Wildman–Crippen MR) is 136 cm³/mol. The summed E-state index contributed by atoms with van der Waals surface area (Å²) in [7, 11) is 1.57. The van der Waals surface area contributed by atoms with Gasteiger partial charge in [-0.25, -0.2) is 4.98 Å². The zero-order valence-corrected chi connectivity index (χ0v) is 19.2. The Bertz CT molecular complexity index is 1530. The summed E-state index contributed by atoms with van der Waals surface area (Å²) in [6.45, 7) is -0.211. The first-order chi connectivity index (χ1) is 17.1. The number of aliphatic hydroxyl groups excluding tert-OH is 1. The van der Waals surface area contributed by atoms with Crippen molar-refractivity contribution in [1.82, 2.24) is 15.3 Å². The summed E-state index contributed by atoms with van der Waals surface area (Å²) in [5.41, 5.74) is 4.30. The second-order valence-corrected chi connectivity index (χ2v) is 8.41. The number of phenols is 1. The highest BCUT2D eigenvalue weighted by molar-refractivity contribution is 6.07. The first kappa shape index (κ1) is 22.4. The molecule has 35 heavy (non-hydrogen) atoms. The first-order valence-corrected chi connectivity index (χ1v) is 11.3. The molecule has 7 nitrogen and oxygen atoms in total. The number of methoxy groups -OCH3 is 1. The summed E-state index contributed by atoms with van der Waals surface area (Å²) < 4.78 is 5.36. The Labute approximate surface area is 202 Å². The van der Waals surface area contributed by atoms with Gasteiger partial charge in [-0.3, -0.25) is 4.79 Å². The summed E-state index contributed by atoms with van der Waals surface area (Å²) in [4.78, 5) is 21.5. The number of pyridine rings is 1. The summed E-state index contributed by atoms with van der Waals surface area (Å²) >= 11 is 0. The molecule has 7 heteroatoms. The Balaban J connectivity index is 1.51. The number of hydrogen-bond donors (Lipinski definition) is 4. The molecule has 1 amide bonds. The predicted octanol–water partition coefficient (Wildman–Crippen LogP) is 4.43. The molecule has 0 saturated heterocycles. The van der Waals surface area contributed by atoms with Crippen molar-refractivity contribution >= 4 is 27.7 Å². The number of ether oxygens (including phenoxy) is 1. The smallest absolute Gasteiger partial charge is 0.252 e. The van der Waals surface area contributed by atoms with Crippen LogP contribution in [0.5, 0.6) is 11.5 Å². The minimum atomic E-state index is -0.486. The molecule has 0 spiro atoms. The van der Waals surface area contributed by atoms with E-state index in [9.17, 15) is 15.0 Å². The lowest BCUT2D eigenvalue weighted by molar-refractivity contribution is 0.0918.